The highest BCUT2D eigenvalue weighted by Gasteiger charge is 2.31. The van der Waals surface area contributed by atoms with Crippen LogP contribution < -0.4 is 10.6 Å². The minimum absolute atomic E-state index is 0.154. The summed E-state index contributed by atoms with van der Waals surface area (Å²) in [5, 5.41) is 5.93. The molecule has 7 heteroatoms. The van der Waals surface area contributed by atoms with Crippen molar-refractivity contribution in [1.29, 1.82) is 0 Å². The Morgan fingerprint density at radius 3 is 2.87 bits per heavy atom. The van der Waals surface area contributed by atoms with Gasteiger partial charge in [0.05, 0.1) is 17.0 Å². The predicted octanol–water partition coefficient (Wildman–Crippen LogP) is 2.37. The Balaban J connectivity index is 1.57. The van der Waals surface area contributed by atoms with Crippen LogP contribution in [-0.2, 0) is 9.84 Å². The van der Waals surface area contributed by atoms with E-state index in [-0.39, 0.29) is 24.4 Å². The van der Waals surface area contributed by atoms with E-state index in [0.29, 0.717) is 18.6 Å². The van der Waals surface area contributed by atoms with E-state index >= 15 is 0 Å². The lowest BCUT2D eigenvalue weighted by Crippen LogP contribution is -2.41. The largest absolute Gasteiger partial charge is 0.459 e. The molecule has 0 radical (unpaired) electrons. The fraction of sp³-hybridized carbons (Fsp3) is 0.438. The minimum atomic E-state index is -3.04. The molecule has 1 fully saturated rings. The van der Waals surface area contributed by atoms with Crippen LogP contribution in [0.4, 0.5) is 4.79 Å². The molecule has 1 aromatic carbocycles. The highest BCUT2D eigenvalue weighted by molar-refractivity contribution is 7.92. The molecule has 0 aliphatic carbocycles. The lowest BCUT2D eigenvalue weighted by atomic mass is 10.2. The van der Waals surface area contributed by atoms with Gasteiger partial charge in [0, 0.05) is 11.9 Å². The number of nitrogens with one attached hydrogen (secondary N) is 2. The highest BCUT2D eigenvalue weighted by atomic mass is 32.2. The maximum Gasteiger partial charge on any atom is 0.315 e. The molecular weight excluding hydrogens is 316 g/mol. The first kappa shape index (κ1) is 15.9. The van der Waals surface area contributed by atoms with Crippen molar-refractivity contribution < 1.29 is 17.6 Å². The molecule has 0 unspecified atom stereocenters. The summed E-state index contributed by atoms with van der Waals surface area (Å²) in [5.74, 6) is 0.880. The van der Waals surface area contributed by atoms with Crippen molar-refractivity contribution in [3.63, 3.8) is 0 Å². The quantitative estimate of drug-likeness (QED) is 0.897. The molecule has 23 heavy (non-hydrogen) atoms. The molecule has 1 aliphatic rings. The van der Waals surface area contributed by atoms with Crippen molar-refractivity contribution in [2.24, 2.45) is 0 Å². The second-order valence-corrected chi connectivity index (χ2v) is 8.29. The van der Waals surface area contributed by atoms with Crippen LogP contribution in [0.5, 0.6) is 0 Å². The van der Waals surface area contributed by atoms with E-state index in [1.165, 1.54) is 0 Å². The Kier molecular flexibility index (Phi) is 4.30. The second-order valence-electron chi connectivity index (χ2n) is 5.89. The standard InChI is InChI=1S/C16H20N2O4S/c1-11(15-9-12-5-2-3-7-14(12)22-15)18-16(19)17-10-13-6-4-8-23(13,20)21/h2-3,5,7,9,11,13H,4,6,8,10H2,1H3,(H2,17,18,19)/t11-,13+/m0/s1. The number of amides is 2. The van der Waals surface area contributed by atoms with Gasteiger partial charge in [0.15, 0.2) is 9.84 Å². The molecule has 124 valence electrons. The number of hydrogen-bond donors (Lipinski definition) is 2. The zero-order valence-electron chi connectivity index (χ0n) is 12.9. The number of rotatable bonds is 4. The lowest BCUT2D eigenvalue weighted by Gasteiger charge is -2.14. The summed E-state index contributed by atoms with van der Waals surface area (Å²) < 4.78 is 29.2. The predicted molar refractivity (Wildman–Crippen MR) is 88.0 cm³/mol. The monoisotopic (exact) mass is 336 g/mol. The van der Waals surface area contributed by atoms with Gasteiger partial charge < -0.3 is 15.1 Å². The Morgan fingerprint density at radius 1 is 1.39 bits per heavy atom. The summed E-state index contributed by atoms with van der Waals surface area (Å²) in [6.07, 6.45) is 1.29. The summed E-state index contributed by atoms with van der Waals surface area (Å²) in [6.45, 7) is 1.98. The molecule has 2 N–H and O–H groups in total. The SMILES string of the molecule is C[C@H](NC(=O)NC[C@H]1CCCS1(=O)=O)c1cc2ccccc2o1. The first-order valence-corrected chi connectivity index (χ1v) is 9.41. The summed E-state index contributed by atoms with van der Waals surface area (Å²) in [4.78, 5) is 12.0. The summed E-state index contributed by atoms with van der Waals surface area (Å²) >= 11 is 0. The van der Waals surface area contributed by atoms with Gasteiger partial charge in [-0.15, -0.1) is 0 Å². The summed E-state index contributed by atoms with van der Waals surface area (Å²) in [6, 6.07) is 8.83. The topological polar surface area (TPSA) is 88.4 Å². The molecule has 2 aromatic rings. The normalized spacial score (nSPS) is 21.2. The van der Waals surface area contributed by atoms with Crippen molar-refractivity contribution in [3.05, 3.63) is 36.1 Å². The third-order valence-corrected chi connectivity index (χ3v) is 6.45. The van der Waals surface area contributed by atoms with Crippen molar-refractivity contribution >= 4 is 26.8 Å². The zero-order chi connectivity index (χ0) is 16.4. The molecule has 0 saturated carbocycles. The number of furan rings is 1. The number of sulfone groups is 1. The van der Waals surface area contributed by atoms with Crippen LogP contribution in [0, 0.1) is 0 Å². The number of hydrogen-bond acceptors (Lipinski definition) is 4. The first-order valence-electron chi connectivity index (χ1n) is 7.70. The number of benzene rings is 1. The van der Waals surface area contributed by atoms with E-state index in [1.54, 1.807) is 0 Å². The smallest absolute Gasteiger partial charge is 0.315 e. The number of fused-ring (bicyclic) bond motifs is 1. The van der Waals surface area contributed by atoms with E-state index in [9.17, 15) is 13.2 Å². The van der Waals surface area contributed by atoms with Crippen LogP contribution in [0.1, 0.15) is 31.6 Å². The van der Waals surface area contributed by atoms with Gasteiger partial charge in [0.1, 0.15) is 11.3 Å². The summed E-state index contributed by atoms with van der Waals surface area (Å²) in [5.41, 5.74) is 0.772. The summed E-state index contributed by atoms with van der Waals surface area (Å²) in [7, 11) is -3.04. The molecule has 1 aromatic heterocycles. The first-order chi connectivity index (χ1) is 11.0. The van der Waals surface area contributed by atoms with Gasteiger partial charge in [-0.05, 0) is 31.9 Å². The molecule has 1 aliphatic heterocycles. The van der Waals surface area contributed by atoms with E-state index < -0.39 is 15.1 Å². The van der Waals surface area contributed by atoms with E-state index in [0.717, 1.165) is 11.0 Å². The van der Waals surface area contributed by atoms with E-state index in [1.807, 2.05) is 37.3 Å². The van der Waals surface area contributed by atoms with Crippen molar-refractivity contribution in [3.8, 4) is 0 Å². The van der Waals surface area contributed by atoms with Crippen LogP contribution in [0.2, 0.25) is 0 Å². The molecule has 0 spiro atoms. The Labute approximate surface area is 135 Å². The van der Waals surface area contributed by atoms with Crippen molar-refractivity contribution in [2.45, 2.75) is 31.1 Å². The maximum absolute atomic E-state index is 12.0. The minimum Gasteiger partial charge on any atom is -0.459 e. The van der Waals surface area contributed by atoms with Gasteiger partial charge in [-0.2, -0.15) is 0 Å². The average molecular weight is 336 g/mol. The Bertz CT molecular complexity index is 779. The molecular formula is C16H20N2O4S. The van der Waals surface area contributed by atoms with Gasteiger partial charge in [-0.1, -0.05) is 18.2 Å². The molecule has 6 nitrogen and oxygen atoms in total. The van der Waals surface area contributed by atoms with Gasteiger partial charge >= 0.3 is 6.03 Å². The van der Waals surface area contributed by atoms with Crippen LogP contribution in [0.3, 0.4) is 0 Å². The van der Waals surface area contributed by atoms with E-state index in [2.05, 4.69) is 10.6 Å². The van der Waals surface area contributed by atoms with E-state index in [4.69, 9.17) is 4.42 Å². The van der Waals surface area contributed by atoms with Gasteiger partial charge in [-0.25, -0.2) is 13.2 Å². The average Bonchev–Trinajstić information content (AvgIpc) is 3.07. The molecule has 1 saturated heterocycles. The van der Waals surface area contributed by atoms with Gasteiger partial charge in [0.2, 0.25) is 0 Å². The second kappa shape index (κ2) is 6.23. The fourth-order valence-electron chi connectivity index (χ4n) is 2.83. The lowest BCUT2D eigenvalue weighted by molar-refractivity contribution is 0.236. The van der Waals surface area contributed by atoms with Crippen LogP contribution in [0.15, 0.2) is 34.7 Å². The number of carbonyl (C=O) groups excluding carboxylic acids is 1. The zero-order valence-corrected chi connectivity index (χ0v) is 13.7. The van der Waals surface area contributed by atoms with Gasteiger partial charge in [-0.3, -0.25) is 0 Å². The van der Waals surface area contributed by atoms with Crippen LogP contribution in [0.25, 0.3) is 11.0 Å². The molecule has 2 atom stereocenters. The maximum atomic E-state index is 12.0. The molecule has 2 heterocycles. The third kappa shape index (κ3) is 3.50. The number of urea groups is 1. The molecule has 3 rings (SSSR count). The number of carbonyl (C=O) groups is 1. The molecule has 2 amide bonds. The number of para-hydroxylation sites is 1. The van der Waals surface area contributed by atoms with Crippen LogP contribution >= 0.6 is 0 Å². The van der Waals surface area contributed by atoms with Crippen molar-refractivity contribution in [2.75, 3.05) is 12.3 Å². The fourth-order valence-corrected chi connectivity index (χ4v) is 4.59. The van der Waals surface area contributed by atoms with Crippen LogP contribution in [-0.4, -0.2) is 32.0 Å². The Morgan fingerprint density at radius 2 is 2.17 bits per heavy atom. The Hall–Kier alpha value is -2.02. The third-order valence-electron chi connectivity index (χ3n) is 4.17. The highest BCUT2D eigenvalue weighted by Crippen LogP contribution is 2.23. The van der Waals surface area contributed by atoms with Crippen molar-refractivity contribution in [1.82, 2.24) is 10.6 Å². The van der Waals surface area contributed by atoms with Gasteiger partial charge in [0.25, 0.3) is 0 Å². The molecule has 0 bridgehead atoms.